The summed E-state index contributed by atoms with van der Waals surface area (Å²) >= 11 is 0. The van der Waals surface area contributed by atoms with Crippen LogP contribution in [0.2, 0.25) is 0 Å². The van der Waals surface area contributed by atoms with Crippen molar-refractivity contribution in [1.82, 2.24) is 9.78 Å². The van der Waals surface area contributed by atoms with Crippen LogP contribution in [0.4, 0.5) is 0 Å². The van der Waals surface area contributed by atoms with Gasteiger partial charge in [-0.1, -0.05) is 0 Å². The minimum Gasteiger partial charge on any atom is -0.454 e. The lowest BCUT2D eigenvalue weighted by atomic mass is 10.0. The first-order valence-corrected chi connectivity index (χ1v) is 7.19. The molecule has 0 bridgehead atoms. The molecule has 0 aliphatic heterocycles. The quantitative estimate of drug-likeness (QED) is 0.646. The number of esters is 1. The molecule has 1 heterocycles. The first-order chi connectivity index (χ1) is 11.4. The largest absolute Gasteiger partial charge is 0.454 e. The number of benzene rings is 1. The number of carbonyl (C=O) groups excluding carboxylic acids is 2. The van der Waals surface area contributed by atoms with Gasteiger partial charge in [-0.15, -0.1) is 0 Å². The smallest absolute Gasteiger partial charge is 0.338 e. The predicted molar refractivity (Wildman–Crippen MR) is 86.1 cm³/mol. The van der Waals surface area contributed by atoms with Gasteiger partial charge in [0.2, 0.25) is 0 Å². The second-order valence-electron chi connectivity index (χ2n) is 5.22. The fourth-order valence-electron chi connectivity index (χ4n) is 2.09. The molecule has 0 amide bonds. The Labute approximate surface area is 139 Å². The number of rotatable bonds is 6. The Morgan fingerprint density at radius 3 is 2.50 bits per heavy atom. The Kier molecular flexibility index (Phi) is 5.22. The second kappa shape index (κ2) is 7.33. The summed E-state index contributed by atoms with van der Waals surface area (Å²) < 4.78 is 6.64. The number of ether oxygens (including phenoxy) is 1. The Morgan fingerprint density at radius 2 is 2.00 bits per heavy atom. The van der Waals surface area contributed by atoms with E-state index < -0.39 is 24.3 Å². The number of nitrogens with one attached hydrogen (secondary N) is 1. The average molecular weight is 324 g/mol. The molecule has 0 saturated heterocycles. The molecule has 0 aliphatic rings. The summed E-state index contributed by atoms with van der Waals surface area (Å²) in [5.74, 6) is -2.45. The molecule has 0 spiro atoms. The van der Waals surface area contributed by atoms with Gasteiger partial charge in [0, 0.05) is 17.6 Å². The van der Waals surface area contributed by atoms with Crippen molar-refractivity contribution in [3.63, 3.8) is 0 Å². The molecule has 0 unspecified atom stereocenters. The highest BCUT2D eigenvalue weighted by molar-refractivity contribution is 6.06. The van der Waals surface area contributed by atoms with Crippen molar-refractivity contribution in [2.24, 2.45) is 5.92 Å². The fourth-order valence-corrected chi connectivity index (χ4v) is 2.09. The van der Waals surface area contributed by atoms with Crippen LogP contribution in [0.3, 0.4) is 0 Å². The number of carbonyl (C=O) groups is 2. The maximum Gasteiger partial charge on any atom is 0.338 e. The number of hydrogen-bond donors (Lipinski definition) is 1. The lowest BCUT2D eigenvalue weighted by molar-refractivity contribution is -0.122. The highest BCUT2D eigenvalue weighted by Crippen LogP contribution is 2.12. The number of aromatic nitrogens is 2. The summed E-state index contributed by atoms with van der Waals surface area (Å²) in [6.07, 6.45) is 1.68. The van der Waals surface area contributed by atoms with Crippen LogP contribution in [0.25, 0.3) is 5.69 Å². The standard InChI is InChI=1S/C17H16N4O3/c1-11-7-8-20-21(11)14-5-3-13(4-6-14)17(23)24-10-16(22)15(9-18)12(2)19/h3-8,15,19H,10H2,1-2H3/t15-/m0/s1. The van der Waals surface area contributed by atoms with Crippen LogP contribution in [0.1, 0.15) is 23.0 Å². The molecule has 2 aromatic rings. The molecule has 24 heavy (non-hydrogen) atoms. The van der Waals surface area contributed by atoms with Crippen molar-refractivity contribution in [3.05, 3.63) is 47.8 Å². The van der Waals surface area contributed by atoms with E-state index in [-0.39, 0.29) is 11.3 Å². The van der Waals surface area contributed by atoms with Gasteiger partial charge in [0.15, 0.2) is 12.4 Å². The summed E-state index contributed by atoms with van der Waals surface area (Å²) in [4.78, 5) is 23.7. The van der Waals surface area contributed by atoms with E-state index in [9.17, 15) is 9.59 Å². The molecule has 0 aliphatic carbocycles. The van der Waals surface area contributed by atoms with Crippen molar-refractivity contribution in [1.29, 1.82) is 10.7 Å². The lowest BCUT2D eigenvalue weighted by Crippen LogP contribution is -2.25. The molecule has 1 aromatic carbocycles. The predicted octanol–water partition coefficient (Wildman–Crippen LogP) is 2.09. The number of nitrogens with zero attached hydrogens (tertiary/aromatic N) is 3. The van der Waals surface area contributed by atoms with Crippen LogP contribution >= 0.6 is 0 Å². The molecular weight excluding hydrogens is 308 g/mol. The molecular formula is C17H16N4O3. The Balaban J connectivity index is 2.01. The van der Waals surface area contributed by atoms with Crippen molar-refractivity contribution in [3.8, 4) is 11.8 Å². The van der Waals surface area contributed by atoms with E-state index in [1.54, 1.807) is 41.2 Å². The minimum absolute atomic E-state index is 0.0718. The summed E-state index contributed by atoms with van der Waals surface area (Å²) in [7, 11) is 0. The van der Waals surface area contributed by atoms with E-state index in [4.69, 9.17) is 15.4 Å². The number of aryl methyl sites for hydroxylation is 1. The van der Waals surface area contributed by atoms with Gasteiger partial charge < -0.3 is 10.1 Å². The van der Waals surface area contributed by atoms with Gasteiger partial charge in [-0.25, -0.2) is 9.48 Å². The molecule has 7 nitrogen and oxygen atoms in total. The number of nitriles is 1. The molecule has 0 saturated carbocycles. The van der Waals surface area contributed by atoms with Gasteiger partial charge in [0.05, 0.1) is 17.3 Å². The zero-order chi connectivity index (χ0) is 17.7. The number of ketones is 1. The molecule has 7 heteroatoms. The van der Waals surface area contributed by atoms with Crippen LogP contribution in [0.5, 0.6) is 0 Å². The normalized spacial score (nSPS) is 11.4. The Morgan fingerprint density at radius 1 is 1.33 bits per heavy atom. The Bertz CT molecular complexity index is 815. The van der Waals surface area contributed by atoms with E-state index in [0.717, 1.165) is 11.4 Å². The summed E-state index contributed by atoms with van der Waals surface area (Å²) in [6.45, 7) is 2.74. The molecule has 122 valence electrons. The maximum atomic E-state index is 12.0. The first-order valence-electron chi connectivity index (χ1n) is 7.19. The van der Waals surface area contributed by atoms with Crippen LogP contribution in [-0.4, -0.2) is 33.9 Å². The van der Waals surface area contributed by atoms with E-state index in [1.165, 1.54) is 6.92 Å². The van der Waals surface area contributed by atoms with Crippen molar-refractivity contribution in [2.45, 2.75) is 13.8 Å². The Hall–Kier alpha value is -3.27. The molecule has 2 rings (SSSR count). The zero-order valence-corrected chi connectivity index (χ0v) is 13.3. The van der Waals surface area contributed by atoms with Gasteiger partial charge in [0.25, 0.3) is 0 Å². The summed E-state index contributed by atoms with van der Waals surface area (Å²) in [5.41, 5.74) is 1.98. The van der Waals surface area contributed by atoms with Gasteiger partial charge in [-0.05, 0) is 44.2 Å². The molecule has 0 radical (unpaired) electrons. The first kappa shape index (κ1) is 17.1. The van der Waals surface area contributed by atoms with Crippen molar-refractivity contribution >= 4 is 17.5 Å². The third-order valence-corrected chi connectivity index (χ3v) is 3.41. The van der Waals surface area contributed by atoms with E-state index >= 15 is 0 Å². The maximum absolute atomic E-state index is 12.0. The third kappa shape index (κ3) is 3.73. The topological polar surface area (TPSA) is 109 Å². The average Bonchev–Trinajstić information content (AvgIpc) is 2.99. The SMILES string of the molecule is CC(=N)[C@H](C#N)C(=O)COC(=O)c1ccc(-n2nccc2C)cc1. The second-order valence-corrected chi connectivity index (χ2v) is 5.22. The van der Waals surface area contributed by atoms with E-state index in [0.29, 0.717) is 0 Å². The highest BCUT2D eigenvalue weighted by atomic mass is 16.5. The molecule has 1 atom stereocenters. The highest BCUT2D eigenvalue weighted by Gasteiger charge is 2.21. The van der Waals surface area contributed by atoms with Crippen molar-refractivity contribution < 1.29 is 14.3 Å². The van der Waals surface area contributed by atoms with E-state index in [2.05, 4.69) is 5.10 Å². The monoisotopic (exact) mass is 324 g/mol. The van der Waals surface area contributed by atoms with Crippen LogP contribution in [0.15, 0.2) is 36.5 Å². The van der Waals surface area contributed by atoms with Gasteiger partial charge in [-0.3, -0.25) is 4.79 Å². The van der Waals surface area contributed by atoms with Gasteiger partial charge in [-0.2, -0.15) is 10.4 Å². The summed E-state index contributed by atoms with van der Waals surface area (Å²) in [5, 5.41) is 20.4. The van der Waals surface area contributed by atoms with Crippen molar-refractivity contribution in [2.75, 3.05) is 6.61 Å². The van der Waals surface area contributed by atoms with Crippen LogP contribution < -0.4 is 0 Å². The van der Waals surface area contributed by atoms with E-state index in [1.807, 2.05) is 13.0 Å². The molecule has 1 N–H and O–H groups in total. The van der Waals surface area contributed by atoms with Gasteiger partial charge in [0.1, 0.15) is 5.92 Å². The lowest BCUT2D eigenvalue weighted by Gasteiger charge is -2.08. The molecule has 0 fully saturated rings. The number of hydrogen-bond acceptors (Lipinski definition) is 6. The van der Waals surface area contributed by atoms with Gasteiger partial charge >= 0.3 is 5.97 Å². The number of Topliss-reactive ketones (excluding diaryl/α,β-unsaturated/α-hetero) is 1. The molecule has 1 aromatic heterocycles. The minimum atomic E-state index is -1.18. The van der Waals surface area contributed by atoms with Crippen LogP contribution in [-0.2, 0) is 9.53 Å². The van der Waals surface area contributed by atoms with Crippen LogP contribution in [0, 0.1) is 29.6 Å². The zero-order valence-electron chi connectivity index (χ0n) is 13.3. The fraction of sp³-hybridized carbons (Fsp3) is 0.235. The third-order valence-electron chi connectivity index (χ3n) is 3.41. The summed E-state index contributed by atoms with van der Waals surface area (Å²) in [6, 6.07) is 10.2.